The van der Waals surface area contributed by atoms with Gasteiger partial charge in [-0.2, -0.15) is 0 Å². The summed E-state index contributed by atoms with van der Waals surface area (Å²) in [5.41, 5.74) is 4.90. The minimum atomic E-state index is -0.540. The smallest absolute Gasteiger partial charge is 0.124 e. The zero-order valence-electron chi connectivity index (χ0n) is 10.6. The van der Waals surface area contributed by atoms with E-state index >= 15 is 0 Å². The van der Waals surface area contributed by atoms with Crippen molar-refractivity contribution in [3.05, 3.63) is 34.1 Å². The standard InChI is InChI=1S/C13H19N3OS/c1-11-3-4-12(18-11)16-9-6-13(15-17,7-10-16)5-2-8-14/h2-5H,6-10,14H2,1H3. The highest BCUT2D eigenvalue weighted by Crippen LogP contribution is 2.33. The van der Waals surface area contributed by atoms with E-state index in [0.29, 0.717) is 6.54 Å². The first-order valence-corrected chi connectivity index (χ1v) is 7.04. The molecule has 98 valence electrons. The van der Waals surface area contributed by atoms with E-state index < -0.39 is 5.54 Å². The number of rotatable bonds is 4. The summed E-state index contributed by atoms with van der Waals surface area (Å²) in [6, 6.07) is 4.28. The van der Waals surface area contributed by atoms with E-state index in [1.165, 1.54) is 9.88 Å². The monoisotopic (exact) mass is 265 g/mol. The lowest BCUT2D eigenvalue weighted by Crippen LogP contribution is -2.41. The Kier molecular flexibility index (Phi) is 4.14. The molecule has 0 radical (unpaired) electrons. The summed E-state index contributed by atoms with van der Waals surface area (Å²) >= 11 is 1.80. The van der Waals surface area contributed by atoms with Gasteiger partial charge in [-0.3, -0.25) is 0 Å². The molecule has 0 aromatic carbocycles. The van der Waals surface area contributed by atoms with Crippen LogP contribution in [-0.4, -0.2) is 25.2 Å². The van der Waals surface area contributed by atoms with Crippen molar-refractivity contribution in [3.63, 3.8) is 0 Å². The number of nitrogens with zero attached hydrogens (tertiary/aromatic N) is 2. The molecule has 0 unspecified atom stereocenters. The van der Waals surface area contributed by atoms with Crippen LogP contribution in [0.1, 0.15) is 17.7 Å². The molecule has 1 aromatic rings. The molecule has 0 bridgehead atoms. The van der Waals surface area contributed by atoms with E-state index in [1.54, 1.807) is 11.3 Å². The molecule has 0 aliphatic carbocycles. The average molecular weight is 265 g/mol. The van der Waals surface area contributed by atoms with Crippen LogP contribution < -0.4 is 10.6 Å². The minimum absolute atomic E-state index is 0.463. The van der Waals surface area contributed by atoms with Crippen LogP contribution in [0.25, 0.3) is 0 Å². The summed E-state index contributed by atoms with van der Waals surface area (Å²) in [5, 5.41) is 4.62. The molecule has 1 aliphatic heterocycles. The highest BCUT2D eigenvalue weighted by molar-refractivity contribution is 7.16. The summed E-state index contributed by atoms with van der Waals surface area (Å²) in [6.07, 6.45) is 5.26. The van der Waals surface area contributed by atoms with Crippen LogP contribution in [0.3, 0.4) is 0 Å². The largest absolute Gasteiger partial charge is 0.363 e. The third-order valence-corrected chi connectivity index (χ3v) is 4.47. The fourth-order valence-electron chi connectivity index (χ4n) is 2.28. The molecule has 0 saturated carbocycles. The Labute approximate surface area is 111 Å². The highest BCUT2D eigenvalue weighted by atomic mass is 32.1. The van der Waals surface area contributed by atoms with E-state index in [0.717, 1.165) is 25.9 Å². The predicted octanol–water partition coefficient (Wildman–Crippen LogP) is 2.68. The summed E-state index contributed by atoms with van der Waals surface area (Å²) < 4.78 is 0. The van der Waals surface area contributed by atoms with Gasteiger partial charge in [0.2, 0.25) is 0 Å². The lowest BCUT2D eigenvalue weighted by atomic mass is 9.88. The first-order chi connectivity index (χ1) is 8.69. The SMILES string of the molecule is Cc1ccc(N2CCC(C=CCN)(N=O)CC2)s1. The lowest BCUT2D eigenvalue weighted by molar-refractivity contribution is 0.406. The number of hydrogen-bond acceptors (Lipinski definition) is 5. The van der Waals surface area contributed by atoms with Crippen molar-refractivity contribution in [1.82, 2.24) is 0 Å². The minimum Gasteiger partial charge on any atom is -0.363 e. The molecule has 5 heteroatoms. The maximum atomic E-state index is 11.1. The van der Waals surface area contributed by atoms with Gasteiger partial charge in [0.05, 0.1) is 5.00 Å². The van der Waals surface area contributed by atoms with Crippen LogP contribution in [0.2, 0.25) is 0 Å². The molecular formula is C13H19N3OS. The molecule has 1 aliphatic rings. The molecule has 4 nitrogen and oxygen atoms in total. The number of nitroso groups, excluding NO2 is 1. The Bertz CT molecular complexity index is 433. The molecular weight excluding hydrogens is 246 g/mol. The Morgan fingerprint density at radius 3 is 2.72 bits per heavy atom. The summed E-state index contributed by atoms with van der Waals surface area (Å²) in [4.78, 5) is 14.7. The summed E-state index contributed by atoms with van der Waals surface area (Å²) in [6.45, 7) is 4.33. The van der Waals surface area contributed by atoms with Gasteiger partial charge in [-0.05, 0) is 31.9 Å². The van der Waals surface area contributed by atoms with Crippen LogP contribution in [-0.2, 0) is 0 Å². The average Bonchev–Trinajstić information content (AvgIpc) is 2.84. The van der Waals surface area contributed by atoms with Crippen molar-refractivity contribution in [2.45, 2.75) is 25.3 Å². The molecule has 2 heterocycles. The zero-order chi connectivity index (χ0) is 13.0. The van der Waals surface area contributed by atoms with Crippen LogP contribution in [0.4, 0.5) is 5.00 Å². The predicted molar refractivity (Wildman–Crippen MR) is 77.2 cm³/mol. The molecule has 1 fully saturated rings. The van der Waals surface area contributed by atoms with Gasteiger partial charge in [-0.15, -0.1) is 16.2 Å². The van der Waals surface area contributed by atoms with E-state index in [4.69, 9.17) is 5.73 Å². The van der Waals surface area contributed by atoms with Crippen molar-refractivity contribution >= 4 is 16.3 Å². The second-order valence-electron chi connectivity index (χ2n) is 4.70. The Morgan fingerprint density at radius 2 is 2.22 bits per heavy atom. The molecule has 1 saturated heterocycles. The second kappa shape index (κ2) is 5.63. The molecule has 2 N–H and O–H groups in total. The normalized spacial score (nSPS) is 19.3. The summed E-state index contributed by atoms with van der Waals surface area (Å²) in [7, 11) is 0. The first-order valence-electron chi connectivity index (χ1n) is 6.23. The van der Waals surface area contributed by atoms with Gasteiger partial charge in [0.15, 0.2) is 0 Å². The maximum Gasteiger partial charge on any atom is 0.124 e. The number of piperidine rings is 1. The quantitative estimate of drug-likeness (QED) is 0.672. The van der Waals surface area contributed by atoms with E-state index in [2.05, 4.69) is 29.1 Å². The van der Waals surface area contributed by atoms with Crippen LogP contribution in [0, 0.1) is 11.8 Å². The number of thiophene rings is 1. The molecule has 0 atom stereocenters. The van der Waals surface area contributed by atoms with Gasteiger partial charge < -0.3 is 10.6 Å². The van der Waals surface area contributed by atoms with Gasteiger partial charge in [0.25, 0.3) is 0 Å². The van der Waals surface area contributed by atoms with Crippen molar-refractivity contribution < 1.29 is 0 Å². The lowest BCUT2D eigenvalue weighted by Gasteiger charge is -2.35. The fraction of sp³-hybridized carbons (Fsp3) is 0.538. The van der Waals surface area contributed by atoms with Crippen molar-refractivity contribution in [2.24, 2.45) is 10.9 Å². The van der Waals surface area contributed by atoms with E-state index in [1.807, 2.05) is 12.2 Å². The van der Waals surface area contributed by atoms with E-state index in [-0.39, 0.29) is 0 Å². The van der Waals surface area contributed by atoms with Gasteiger partial charge in [0.1, 0.15) is 5.54 Å². The van der Waals surface area contributed by atoms with Crippen molar-refractivity contribution in [2.75, 3.05) is 24.5 Å². The molecule has 2 rings (SSSR count). The molecule has 0 amide bonds. The highest BCUT2D eigenvalue weighted by Gasteiger charge is 2.33. The Balaban J connectivity index is 2.02. The van der Waals surface area contributed by atoms with Crippen LogP contribution in [0.5, 0.6) is 0 Å². The maximum absolute atomic E-state index is 11.1. The van der Waals surface area contributed by atoms with Crippen LogP contribution in [0.15, 0.2) is 29.5 Å². The van der Waals surface area contributed by atoms with Gasteiger partial charge in [0, 0.05) is 24.5 Å². The number of nitrogens with two attached hydrogens (primary N) is 1. The number of hydrogen-bond donors (Lipinski definition) is 1. The Morgan fingerprint density at radius 1 is 1.50 bits per heavy atom. The van der Waals surface area contributed by atoms with Gasteiger partial charge in [-0.25, -0.2) is 0 Å². The van der Waals surface area contributed by atoms with E-state index in [9.17, 15) is 4.91 Å². The molecule has 0 spiro atoms. The number of anilines is 1. The van der Waals surface area contributed by atoms with Gasteiger partial charge >= 0.3 is 0 Å². The Hall–Kier alpha value is -1.20. The third kappa shape index (κ3) is 2.79. The van der Waals surface area contributed by atoms with Crippen molar-refractivity contribution in [1.29, 1.82) is 0 Å². The topological polar surface area (TPSA) is 58.7 Å². The second-order valence-corrected chi connectivity index (χ2v) is 5.97. The molecule has 18 heavy (non-hydrogen) atoms. The zero-order valence-corrected chi connectivity index (χ0v) is 11.4. The molecule has 1 aromatic heterocycles. The number of aryl methyl sites for hydroxylation is 1. The third-order valence-electron chi connectivity index (χ3n) is 3.41. The van der Waals surface area contributed by atoms with Crippen molar-refractivity contribution in [3.8, 4) is 0 Å². The van der Waals surface area contributed by atoms with Gasteiger partial charge in [-0.1, -0.05) is 17.3 Å². The first kappa shape index (κ1) is 13.2. The fourth-order valence-corrected chi connectivity index (χ4v) is 3.20. The van der Waals surface area contributed by atoms with Crippen LogP contribution >= 0.6 is 11.3 Å². The summed E-state index contributed by atoms with van der Waals surface area (Å²) in [5.74, 6) is 0.